The third-order valence-corrected chi connectivity index (χ3v) is 4.78. The molecule has 1 aliphatic rings. The average Bonchev–Trinajstić information content (AvgIpc) is 2.97. The molecule has 4 heteroatoms. The molecule has 0 radical (unpaired) electrons. The highest BCUT2D eigenvalue weighted by Gasteiger charge is 2.33. The van der Waals surface area contributed by atoms with Gasteiger partial charge in [0, 0.05) is 24.2 Å². The second kappa shape index (κ2) is 6.21. The first-order valence-corrected chi connectivity index (χ1v) is 8.58. The first-order valence-electron chi connectivity index (χ1n) is 8.18. The van der Waals surface area contributed by atoms with E-state index in [2.05, 4.69) is 23.0 Å². The molecule has 0 unspecified atom stereocenters. The number of imidazole rings is 1. The lowest BCUT2D eigenvalue weighted by atomic mass is 10.1. The van der Waals surface area contributed by atoms with Crippen molar-refractivity contribution in [1.29, 1.82) is 0 Å². The van der Waals surface area contributed by atoms with Gasteiger partial charge in [-0.2, -0.15) is 0 Å². The second-order valence-corrected chi connectivity index (χ2v) is 6.23. The molecule has 0 bridgehead atoms. The quantitative estimate of drug-likeness (QED) is 0.609. The van der Waals surface area contributed by atoms with Crippen LogP contribution in [0.1, 0.15) is 55.6 Å². The third kappa shape index (κ3) is 2.26. The molecule has 1 aromatic carbocycles. The van der Waals surface area contributed by atoms with Crippen LogP contribution < -0.4 is 0 Å². The number of rotatable bonds is 6. The molecule has 116 valence electrons. The van der Waals surface area contributed by atoms with Crippen LogP contribution in [0.5, 0.6) is 0 Å². The molecule has 0 saturated carbocycles. The van der Waals surface area contributed by atoms with E-state index in [-0.39, 0.29) is 5.78 Å². The Kier molecular flexibility index (Phi) is 4.30. The number of carbonyl (C=O) groups is 1. The van der Waals surface area contributed by atoms with Gasteiger partial charge >= 0.3 is 0 Å². The number of hydrogen-bond donors (Lipinski definition) is 0. The van der Waals surface area contributed by atoms with Crippen LogP contribution in [0.3, 0.4) is 0 Å². The largest absolute Gasteiger partial charge is 0.316 e. The highest BCUT2D eigenvalue weighted by Crippen LogP contribution is 2.38. The van der Waals surface area contributed by atoms with Crippen molar-refractivity contribution < 1.29 is 4.79 Å². The van der Waals surface area contributed by atoms with Crippen LogP contribution in [0, 0.1) is 4.77 Å². The summed E-state index contributed by atoms with van der Waals surface area (Å²) in [5, 5.41) is 0. The zero-order valence-corrected chi connectivity index (χ0v) is 14.1. The number of hydrogen-bond acceptors (Lipinski definition) is 2. The Morgan fingerprint density at radius 1 is 0.909 bits per heavy atom. The van der Waals surface area contributed by atoms with Gasteiger partial charge in [-0.3, -0.25) is 4.79 Å². The zero-order valence-electron chi connectivity index (χ0n) is 13.3. The summed E-state index contributed by atoms with van der Waals surface area (Å²) in [5.74, 6) is 0.128. The van der Waals surface area contributed by atoms with Crippen LogP contribution in [-0.2, 0) is 13.1 Å². The van der Waals surface area contributed by atoms with Crippen LogP contribution in [0.4, 0.5) is 0 Å². The topological polar surface area (TPSA) is 26.9 Å². The standard InChI is InChI=1S/C18H22N2OS/c1-3-5-11-19-15-13-9-7-8-10-14(13)17(21)16(15)20(18(19)22)12-6-4-2/h7-10H,3-6,11-12H2,1-2H3. The van der Waals surface area contributed by atoms with Gasteiger partial charge in [0.1, 0.15) is 5.69 Å². The van der Waals surface area contributed by atoms with Crippen LogP contribution in [0.25, 0.3) is 11.3 Å². The minimum Gasteiger partial charge on any atom is -0.316 e. The fourth-order valence-corrected chi connectivity index (χ4v) is 3.52. The van der Waals surface area contributed by atoms with Gasteiger partial charge in [0.05, 0.1) is 5.69 Å². The summed E-state index contributed by atoms with van der Waals surface area (Å²) >= 11 is 5.68. The van der Waals surface area contributed by atoms with Gasteiger partial charge in [0.25, 0.3) is 0 Å². The summed E-state index contributed by atoms with van der Waals surface area (Å²) in [5.41, 5.74) is 3.70. The lowest BCUT2D eigenvalue weighted by Crippen LogP contribution is -2.09. The molecular formula is C18H22N2OS. The molecule has 1 heterocycles. The molecule has 0 fully saturated rings. The Bertz CT molecular complexity index is 770. The Hall–Kier alpha value is -1.68. The van der Waals surface area contributed by atoms with E-state index in [1.807, 2.05) is 24.3 Å². The van der Waals surface area contributed by atoms with Crippen molar-refractivity contribution in [2.75, 3.05) is 0 Å². The van der Waals surface area contributed by atoms with Crippen molar-refractivity contribution in [1.82, 2.24) is 9.13 Å². The van der Waals surface area contributed by atoms with E-state index in [0.29, 0.717) is 0 Å². The number of aromatic nitrogens is 2. The minimum absolute atomic E-state index is 0.128. The number of unbranched alkanes of at least 4 members (excludes halogenated alkanes) is 2. The average molecular weight is 314 g/mol. The van der Waals surface area contributed by atoms with Gasteiger partial charge in [-0.05, 0) is 25.1 Å². The SMILES string of the molecule is CCCCn1c2c(n(CCCC)c1=S)-c1ccccc1C2=O. The molecule has 3 nitrogen and oxygen atoms in total. The maximum Gasteiger partial charge on any atom is 0.212 e. The Labute approximate surface area is 136 Å². The van der Waals surface area contributed by atoms with E-state index in [1.54, 1.807) is 0 Å². The van der Waals surface area contributed by atoms with E-state index in [0.717, 1.165) is 66.1 Å². The highest BCUT2D eigenvalue weighted by molar-refractivity contribution is 7.71. The summed E-state index contributed by atoms with van der Waals surface area (Å²) in [6.45, 7) is 6.06. The fourth-order valence-electron chi connectivity index (χ4n) is 3.16. The predicted molar refractivity (Wildman–Crippen MR) is 91.9 cm³/mol. The number of ketones is 1. The van der Waals surface area contributed by atoms with E-state index in [4.69, 9.17) is 12.2 Å². The zero-order chi connectivity index (χ0) is 15.7. The van der Waals surface area contributed by atoms with Crippen molar-refractivity contribution in [3.63, 3.8) is 0 Å². The summed E-state index contributed by atoms with van der Waals surface area (Å²) in [6, 6.07) is 7.90. The smallest absolute Gasteiger partial charge is 0.212 e. The minimum atomic E-state index is 0.128. The predicted octanol–water partition coefficient (Wildman–Crippen LogP) is 4.83. The number of benzene rings is 1. The number of nitrogens with zero attached hydrogens (tertiary/aromatic N) is 2. The second-order valence-electron chi connectivity index (χ2n) is 5.86. The van der Waals surface area contributed by atoms with Crippen molar-refractivity contribution in [3.8, 4) is 11.3 Å². The van der Waals surface area contributed by atoms with Crippen molar-refractivity contribution in [2.45, 2.75) is 52.6 Å². The van der Waals surface area contributed by atoms with Crippen LogP contribution in [0.15, 0.2) is 24.3 Å². The Balaban J connectivity index is 2.20. The molecule has 0 aliphatic heterocycles. The monoisotopic (exact) mass is 314 g/mol. The summed E-state index contributed by atoms with van der Waals surface area (Å²) < 4.78 is 5.04. The Morgan fingerprint density at radius 3 is 2.05 bits per heavy atom. The van der Waals surface area contributed by atoms with E-state index in [9.17, 15) is 4.79 Å². The van der Waals surface area contributed by atoms with Crippen LogP contribution >= 0.6 is 12.2 Å². The number of carbonyl (C=O) groups excluding carboxylic acids is 1. The van der Waals surface area contributed by atoms with Gasteiger partial charge in [0.15, 0.2) is 4.77 Å². The first kappa shape index (κ1) is 15.2. The van der Waals surface area contributed by atoms with Gasteiger partial charge in [-0.1, -0.05) is 51.0 Å². The summed E-state index contributed by atoms with van der Waals surface area (Å²) in [4.78, 5) is 12.8. The maximum atomic E-state index is 12.8. The normalized spacial score (nSPS) is 12.5. The lowest BCUT2D eigenvalue weighted by molar-refractivity contribution is 0.103. The van der Waals surface area contributed by atoms with Gasteiger partial charge < -0.3 is 9.13 Å². The molecule has 3 rings (SSSR count). The summed E-state index contributed by atoms with van der Waals surface area (Å²) in [6.07, 6.45) is 4.33. The van der Waals surface area contributed by atoms with Crippen LogP contribution in [0.2, 0.25) is 0 Å². The molecule has 1 aromatic heterocycles. The molecule has 0 spiro atoms. The van der Waals surface area contributed by atoms with Crippen molar-refractivity contribution >= 4 is 18.0 Å². The van der Waals surface area contributed by atoms with Crippen molar-refractivity contribution in [3.05, 3.63) is 40.3 Å². The molecule has 2 aromatic rings. The van der Waals surface area contributed by atoms with Crippen LogP contribution in [-0.4, -0.2) is 14.9 Å². The summed E-state index contributed by atoms with van der Waals surface area (Å²) in [7, 11) is 0. The first-order chi connectivity index (χ1) is 10.7. The fraction of sp³-hybridized carbons (Fsp3) is 0.444. The molecule has 1 aliphatic carbocycles. The molecular weight excluding hydrogens is 292 g/mol. The molecule has 22 heavy (non-hydrogen) atoms. The maximum absolute atomic E-state index is 12.8. The van der Waals surface area contributed by atoms with E-state index in [1.165, 1.54) is 0 Å². The molecule has 0 N–H and O–H groups in total. The molecule has 0 saturated heterocycles. The molecule has 0 atom stereocenters. The number of fused-ring (bicyclic) bond motifs is 3. The van der Waals surface area contributed by atoms with Gasteiger partial charge in [-0.15, -0.1) is 0 Å². The lowest BCUT2D eigenvalue weighted by Gasteiger charge is -2.08. The third-order valence-electron chi connectivity index (χ3n) is 4.34. The molecule has 0 amide bonds. The van der Waals surface area contributed by atoms with Crippen molar-refractivity contribution in [2.24, 2.45) is 0 Å². The van der Waals surface area contributed by atoms with Gasteiger partial charge in [0.2, 0.25) is 5.78 Å². The van der Waals surface area contributed by atoms with Gasteiger partial charge in [-0.25, -0.2) is 0 Å². The highest BCUT2D eigenvalue weighted by atomic mass is 32.1. The van der Waals surface area contributed by atoms with E-state index >= 15 is 0 Å². The Morgan fingerprint density at radius 2 is 1.45 bits per heavy atom. The van der Waals surface area contributed by atoms with E-state index < -0.39 is 0 Å².